The van der Waals surface area contributed by atoms with Crippen molar-refractivity contribution in [1.82, 2.24) is 10.2 Å². The molecule has 2 aliphatic heterocycles. The van der Waals surface area contributed by atoms with Gasteiger partial charge in [-0.05, 0) is 60.8 Å². The summed E-state index contributed by atoms with van der Waals surface area (Å²) < 4.78 is 6.49. The zero-order valence-corrected chi connectivity index (χ0v) is 11.6. The van der Waals surface area contributed by atoms with Gasteiger partial charge in [0.1, 0.15) is 5.76 Å². The predicted molar refractivity (Wildman–Crippen MR) is 70.9 cm³/mol. The summed E-state index contributed by atoms with van der Waals surface area (Å²) in [7, 11) is 0. The van der Waals surface area contributed by atoms with Crippen LogP contribution in [0.1, 0.15) is 31.4 Å². The van der Waals surface area contributed by atoms with Crippen LogP contribution in [0.3, 0.4) is 0 Å². The Morgan fingerprint density at radius 3 is 3.18 bits per heavy atom. The molecule has 3 heterocycles. The lowest BCUT2D eigenvalue weighted by molar-refractivity contribution is 0.165. The van der Waals surface area contributed by atoms with E-state index in [1.807, 2.05) is 6.07 Å². The Balaban J connectivity index is 1.51. The molecule has 0 aliphatic carbocycles. The van der Waals surface area contributed by atoms with Crippen LogP contribution >= 0.6 is 15.9 Å². The van der Waals surface area contributed by atoms with Gasteiger partial charge in [-0.25, -0.2) is 0 Å². The fourth-order valence-electron chi connectivity index (χ4n) is 3.10. The molecule has 0 bridgehead atoms. The Morgan fingerprint density at radius 1 is 1.41 bits per heavy atom. The van der Waals surface area contributed by atoms with Crippen LogP contribution in [-0.2, 0) is 6.54 Å². The molecule has 1 aromatic heterocycles. The molecule has 2 saturated heterocycles. The number of fused-ring (bicyclic) bond motifs is 1. The van der Waals surface area contributed by atoms with E-state index in [0.29, 0.717) is 6.04 Å². The highest BCUT2D eigenvalue weighted by Gasteiger charge is 2.31. The normalized spacial score (nSPS) is 29.5. The monoisotopic (exact) mass is 298 g/mol. The van der Waals surface area contributed by atoms with E-state index in [2.05, 4.69) is 26.1 Å². The van der Waals surface area contributed by atoms with Crippen LogP contribution in [0.15, 0.2) is 21.2 Å². The highest BCUT2D eigenvalue weighted by Crippen LogP contribution is 2.27. The van der Waals surface area contributed by atoms with Crippen LogP contribution in [-0.4, -0.2) is 30.1 Å². The molecule has 0 aromatic carbocycles. The topological polar surface area (TPSA) is 28.4 Å². The second-order valence-corrected chi connectivity index (χ2v) is 5.98. The molecule has 0 radical (unpaired) electrons. The maximum Gasteiger partial charge on any atom is 0.131 e. The maximum absolute atomic E-state index is 5.42. The van der Waals surface area contributed by atoms with Crippen molar-refractivity contribution in [3.63, 3.8) is 0 Å². The molecule has 3 nitrogen and oxygen atoms in total. The quantitative estimate of drug-likeness (QED) is 0.930. The van der Waals surface area contributed by atoms with Crippen LogP contribution in [0.2, 0.25) is 0 Å². The zero-order valence-electron chi connectivity index (χ0n) is 9.99. The number of hydrogen-bond acceptors (Lipinski definition) is 3. The molecule has 94 valence electrons. The van der Waals surface area contributed by atoms with Crippen molar-refractivity contribution in [2.75, 3.05) is 13.1 Å². The van der Waals surface area contributed by atoms with Crippen molar-refractivity contribution < 1.29 is 4.42 Å². The summed E-state index contributed by atoms with van der Waals surface area (Å²) in [5, 5.41) is 3.63. The smallest absolute Gasteiger partial charge is 0.131 e. The largest absolute Gasteiger partial charge is 0.467 e. The highest BCUT2D eigenvalue weighted by molar-refractivity contribution is 9.10. The SMILES string of the molecule is Brc1ccoc1CNC1CCN2CCCC2C1. The second kappa shape index (κ2) is 5.12. The molecule has 3 rings (SSSR count). The van der Waals surface area contributed by atoms with E-state index < -0.39 is 0 Å². The standard InChI is InChI=1S/C13H19BrN2O/c14-12-4-7-17-13(12)9-15-10-3-6-16-5-1-2-11(16)8-10/h4,7,10-11,15H,1-3,5-6,8-9H2. The van der Waals surface area contributed by atoms with Crippen molar-refractivity contribution >= 4 is 15.9 Å². The van der Waals surface area contributed by atoms with E-state index in [0.717, 1.165) is 22.8 Å². The Bertz CT molecular complexity index is 379. The first-order valence-corrected chi connectivity index (χ1v) is 7.31. The van der Waals surface area contributed by atoms with E-state index >= 15 is 0 Å². The summed E-state index contributed by atoms with van der Waals surface area (Å²) in [4.78, 5) is 2.65. The molecular weight excluding hydrogens is 280 g/mol. The molecule has 17 heavy (non-hydrogen) atoms. The molecule has 2 aliphatic rings. The van der Waals surface area contributed by atoms with Gasteiger partial charge in [-0.1, -0.05) is 0 Å². The van der Waals surface area contributed by atoms with Crippen LogP contribution in [0.4, 0.5) is 0 Å². The molecule has 0 spiro atoms. The van der Waals surface area contributed by atoms with Crippen LogP contribution in [0.25, 0.3) is 0 Å². The molecule has 2 atom stereocenters. The Morgan fingerprint density at radius 2 is 2.35 bits per heavy atom. The Hall–Kier alpha value is -0.320. The number of hydrogen-bond donors (Lipinski definition) is 1. The van der Waals surface area contributed by atoms with Gasteiger partial charge in [0.2, 0.25) is 0 Å². The fourth-order valence-corrected chi connectivity index (χ4v) is 3.44. The Kier molecular flexibility index (Phi) is 3.54. The summed E-state index contributed by atoms with van der Waals surface area (Å²) in [6, 6.07) is 3.45. The summed E-state index contributed by atoms with van der Waals surface area (Å²) in [6.07, 6.45) is 7.09. The lowest BCUT2D eigenvalue weighted by Gasteiger charge is -2.35. The molecule has 0 saturated carbocycles. The van der Waals surface area contributed by atoms with E-state index in [1.165, 1.54) is 38.8 Å². The van der Waals surface area contributed by atoms with Gasteiger partial charge in [0.05, 0.1) is 17.3 Å². The molecular formula is C13H19BrN2O. The van der Waals surface area contributed by atoms with Crippen molar-refractivity contribution in [3.8, 4) is 0 Å². The molecule has 4 heteroatoms. The van der Waals surface area contributed by atoms with Gasteiger partial charge in [-0.2, -0.15) is 0 Å². The molecule has 1 aromatic rings. The number of halogens is 1. The number of nitrogens with zero attached hydrogens (tertiary/aromatic N) is 1. The first kappa shape index (κ1) is 11.8. The van der Waals surface area contributed by atoms with Gasteiger partial charge in [0, 0.05) is 12.1 Å². The number of piperidine rings is 1. The number of rotatable bonds is 3. The average Bonchev–Trinajstić information content (AvgIpc) is 2.94. The Labute approximate surface area is 111 Å². The van der Waals surface area contributed by atoms with Crippen LogP contribution in [0.5, 0.6) is 0 Å². The lowest BCUT2D eigenvalue weighted by atomic mass is 9.97. The third kappa shape index (κ3) is 2.59. The zero-order chi connectivity index (χ0) is 11.7. The predicted octanol–water partition coefficient (Wildman–Crippen LogP) is 2.76. The minimum absolute atomic E-state index is 0.659. The van der Waals surface area contributed by atoms with Gasteiger partial charge in [0.25, 0.3) is 0 Å². The highest BCUT2D eigenvalue weighted by atomic mass is 79.9. The van der Waals surface area contributed by atoms with Crippen molar-refractivity contribution in [1.29, 1.82) is 0 Å². The van der Waals surface area contributed by atoms with Crippen molar-refractivity contribution in [3.05, 3.63) is 22.6 Å². The van der Waals surface area contributed by atoms with Gasteiger partial charge < -0.3 is 14.6 Å². The summed E-state index contributed by atoms with van der Waals surface area (Å²) in [5.74, 6) is 1.01. The van der Waals surface area contributed by atoms with Crippen LogP contribution < -0.4 is 5.32 Å². The van der Waals surface area contributed by atoms with E-state index in [1.54, 1.807) is 6.26 Å². The second-order valence-electron chi connectivity index (χ2n) is 5.13. The maximum atomic E-state index is 5.42. The lowest BCUT2D eigenvalue weighted by Crippen LogP contribution is -2.45. The number of nitrogens with one attached hydrogen (secondary N) is 1. The molecule has 2 fully saturated rings. The molecule has 2 unspecified atom stereocenters. The fraction of sp³-hybridized carbons (Fsp3) is 0.692. The van der Waals surface area contributed by atoms with Gasteiger partial charge in [0.15, 0.2) is 0 Å². The first-order chi connectivity index (χ1) is 8.33. The third-order valence-electron chi connectivity index (χ3n) is 4.06. The molecule has 1 N–H and O–H groups in total. The van der Waals surface area contributed by atoms with E-state index in [9.17, 15) is 0 Å². The first-order valence-electron chi connectivity index (χ1n) is 6.52. The third-order valence-corrected chi connectivity index (χ3v) is 4.77. The van der Waals surface area contributed by atoms with Gasteiger partial charge in [-0.15, -0.1) is 0 Å². The van der Waals surface area contributed by atoms with E-state index in [-0.39, 0.29) is 0 Å². The van der Waals surface area contributed by atoms with Crippen molar-refractivity contribution in [2.24, 2.45) is 0 Å². The van der Waals surface area contributed by atoms with E-state index in [4.69, 9.17) is 4.42 Å². The van der Waals surface area contributed by atoms with Gasteiger partial charge >= 0.3 is 0 Å². The van der Waals surface area contributed by atoms with Gasteiger partial charge in [-0.3, -0.25) is 0 Å². The summed E-state index contributed by atoms with van der Waals surface area (Å²) in [5.41, 5.74) is 0. The summed E-state index contributed by atoms with van der Waals surface area (Å²) in [6.45, 7) is 3.42. The molecule has 0 amide bonds. The van der Waals surface area contributed by atoms with Crippen LogP contribution in [0, 0.1) is 0 Å². The van der Waals surface area contributed by atoms with Crippen molar-refractivity contribution in [2.45, 2.75) is 44.3 Å². The average molecular weight is 299 g/mol. The minimum atomic E-state index is 0.659. The number of furan rings is 1. The summed E-state index contributed by atoms with van der Waals surface area (Å²) >= 11 is 3.49. The minimum Gasteiger partial charge on any atom is -0.467 e.